The van der Waals surface area contributed by atoms with E-state index in [4.69, 9.17) is 11.6 Å². The first-order valence-corrected chi connectivity index (χ1v) is 9.01. The molecule has 2 aliphatic rings. The molecule has 2 heterocycles. The predicted molar refractivity (Wildman–Crippen MR) is 74.2 cm³/mol. The average molecular weight is 293 g/mol. The maximum Gasteiger partial charge on any atom is 0.241 e. The molecule has 0 aromatic heterocycles. The third-order valence-corrected chi connectivity index (χ3v) is 7.96. The topological polar surface area (TPSA) is 40.6 Å². The van der Waals surface area contributed by atoms with Crippen molar-refractivity contribution in [3.63, 3.8) is 0 Å². The van der Waals surface area contributed by atoms with Gasteiger partial charge in [0.05, 0.1) is 0 Å². The van der Waals surface area contributed by atoms with Crippen LogP contribution in [0, 0.1) is 0 Å². The van der Waals surface area contributed by atoms with Crippen LogP contribution in [0.25, 0.3) is 0 Å². The highest BCUT2D eigenvalue weighted by Crippen LogP contribution is 2.59. The van der Waals surface area contributed by atoms with Crippen LogP contribution in [-0.2, 0) is 9.36 Å². The van der Waals surface area contributed by atoms with Crippen LogP contribution in [0.15, 0.2) is 0 Å². The van der Waals surface area contributed by atoms with Gasteiger partial charge in [-0.3, -0.25) is 4.57 Å². The molecular weight excluding hydrogens is 271 g/mol. The first-order valence-electron chi connectivity index (χ1n) is 6.89. The molecule has 0 aromatic rings. The van der Waals surface area contributed by atoms with Gasteiger partial charge in [0, 0.05) is 26.2 Å². The molecule has 0 unspecified atom stereocenters. The Hall–Kier alpha value is 0.110. The molecule has 1 atom stereocenters. The number of hydrogen-bond donors (Lipinski definition) is 0. The fraction of sp³-hybridized carbons (Fsp3) is 0.917. The minimum absolute atomic E-state index is 0.658. The molecule has 0 aromatic carbocycles. The van der Waals surface area contributed by atoms with Crippen molar-refractivity contribution in [1.29, 1.82) is 0 Å². The molecule has 0 saturated carbocycles. The summed E-state index contributed by atoms with van der Waals surface area (Å²) in [7, 11) is -2.90. The first-order chi connectivity index (χ1) is 8.69. The van der Waals surface area contributed by atoms with Gasteiger partial charge in [-0.25, -0.2) is 9.34 Å². The van der Waals surface area contributed by atoms with Crippen molar-refractivity contribution in [2.45, 2.75) is 43.6 Å². The summed E-state index contributed by atoms with van der Waals surface area (Å²) in [4.78, 5) is 11.1. The summed E-state index contributed by atoms with van der Waals surface area (Å²) in [5.74, 6) is 0. The lowest BCUT2D eigenvalue weighted by Gasteiger charge is -2.43. The Bertz CT molecular complexity index is 306. The van der Waals surface area contributed by atoms with Gasteiger partial charge in [-0.05, 0) is 25.7 Å². The van der Waals surface area contributed by atoms with Gasteiger partial charge >= 0.3 is 0 Å². The fourth-order valence-electron chi connectivity index (χ4n) is 2.90. The van der Waals surface area contributed by atoms with Crippen LogP contribution in [-0.4, -0.2) is 46.9 Å². The number of piperidine rings is 2. The van der Waals surface area contributed by atoms with Gasteiger partial charge in [0.15, 0.2) is 5.12 Å². The van der Waals surface area contributed by atoms with Crippen molar-refractivity contribution < 1.29 is 9.36 Å². The SMILES string of the molecule is O=C[C@@H](Cl)P(=O)(N1CCCCC1)N1CCCCC1. The third-order valence-electron chi connectivity index (χ3n) is 3.91. The second-order valence-electron chi connectivity index (χ2n) is 5.13. The van der Waals surface area contributed by atoms with E-state index >= 15 is 0 Å². The molecule has 2 aliphatic heterocycles. The number of rotatable bonds is 4. The minimum atomic E-state index is -2.90. The molecule has 0 aliphatic carbocycles. The fourth-order valence-corrected chi connectivity index (χ4v) is 6.49. The highest BCUT2D eigenvalue weighted by atomic mass is 35.5. The van der Waals surface area contributed by atoms with E-state index in [0.717, 1.165) is 51.9 Å². The molecule has 104 valence electrons. The molecule has 6 heteroatoms. The van der Waals surface area contributed by atoms with E-state index in [1.807, 2.05) is 9.34 Å². The molecule has 0 N–H and O–H groups in total. The summed E-state index contributed by atoms with van der Waals surface area (Å²) < 4.78 is 17.3. The standard InChI is InChI=1S/C12H22ClN2O2P/c13-12(11-16)18(17,14-7-3-1-4-8-14)15-9-5-2-6-10-15/h11-12H,1-10H2/t12-/m0/s1. The van der Waals surface area contributed by atoms with Gasteiger partial charge in [0.25, 0.3) is 0 Å². The number of carbonyl (C=O) groups is 1. The number of aldehydes is 1. The van der Waals surface area contributed by atoms with E-state index in [0.29, 0.717) is 6.29 Å². The molecule has 2 fully saturated rings. The zero-order valence-electron chi connectivity index (χ0n) is 10.8. The predicted octanol–water partition coefficient (Wildman–Crippen LogP) is 2.92. The van der Waals surface area contributed by atoms with Crippen molar-refractivity contribution in [3.8, 4) is 0 Å². The van der Waals surface area contributed by atoms with Crippen LogP contribution >= 0.6 is 19.0 Å². The number of halogens is 1. The van der Waals surface area contributed by atoms with Crippen molar-refractivity contribution in [1.82, 2.24) is 9.34 Å². The molecule has 0 radical (unpaired) electrons. The van der Waals surface area contributed by atoms with Crippen molar-refractivity contribution in [3.05, 3.63) is 0 Å². The zero-order valence-corrected chi connectivity index (χ0v) is 12.4. The molecule has 0 spiro atoms. The van der Waals surface area contributed by atoms with E-state index < -0.39 is 12.6 Å². The van der Waals surface area contributed by atoms with E-state index in [1.54, 1.807) is 0 Å². The minimum Gasteiger partial charge on any atom is -0.301 e. The van der Waals surface area contributed by atoms with Crippen molar-refractivity contribution in [2.24, 2.45) is 0 Å². The summed E-state index contributed by atoms with van der Waals surface area (Å²) in [5, 5.41) is -0.881. The van der Waals surface area contributed by atoms with Crippen LogP contribution in [0.2, 0.25) is 0 Å². The van der Waals surface area contributed by atoms with Gasteiger partial charge < -0.3 is 4.79 Å². The largest absolute Gasteiger partial charge is 0.301 e. The first kappa shape index (κ1) is 14.5. The number of nitrogens with zero attached hydrogens (tertiary/aromatic N) is 2. The summed E-state index contributed by atoms with van der Waals surface area (Å²) in [6, 6.07) is 0. The van der Waals surface area contributed by atoms with E-state index in [-0.39, 0.29) is 0 Å². The van der Waals surface area contributed by atoms with Gasteiger partial charge in [0.2, 0.25) is 7.44 Å². The lowest BCUT2D eigenvalue weighted by Crippen LogP contribution is -2.40. The van der Waals surface area contributed by atoms with Gasteiger partial charge in [0.1, 0.15) is 6.29 Å². The van der Waals surface area contributed by atoms with Gasteiger partial charge in [-0.15, -0.1) is 11.6 Å². The Kier molecular flexibility index (Phi) is 5.25. The van der Waals surface area contributed by atoms with Gasteiger partial charge in [-0.1, -0.05) is 12.8 Å². The summed E-state index contributed by atoms with van der Waals surface area (Å²) >= 11 is 6.12. The monoisotopic (exact) mass is 292 g/mol. The second-order valence-corrected chi connectivity index (χ2v) is 8.77. The summed E-state index contributed by atoms with van der Waals surface area (Å²) in [5.41, 5.74) is 0. The van der Waals surface area contributed by atoms with Crippen LogP contribution < -0.4 is 0 Å². The average Bonchev–Trinajstić information content (AvgIpc) is 2.47. The van der Waals surface area contributed by atoms with Crippen LogP contribution in [0.4, 0.5) is 0 Å². The van der Waals surface area contributed by atoms with Gasteiger partial charge in [-0.2, -0.15) is 0 Å². The lowest BCUT2D eigenvalue weighted by atomic mass is 10.2. The lowest BCUT2D eigenvalue weighted by molar-refractivity contribution is -0.106. The normalized spacial score (nSPS) is 25.8. The quantitative estimate of drug-likeness (QED) is 0.454. The van der Waals surface area contributed by atoms with Crippen molar-refractivity contribution >= 4 is 25.3 Å². The maximum atomic E-state index is 13.3. The Balaban J connectivity index is 2.20. The molecule has 2 rings (SSSR count). The summed E-state index contributed by atoms with van der Waals surface area (Å²) in [6.07, 6.45) is 7.25. The van der Waals surface area contributed by atoms with E-state index in [1.165, 1.54) is 12.8 Å². The van der Waals surface area contributed by atoms with Crippen LogP contribution in [0.5, 0.6) is 0 Å². The van der Waals surface area contributed by atoms with Crippen molar-refractivity contribution in [2.75, 3.05) is 26.2 Å². The third kappa shape index (κ3) is 2.82. The Morgan fingerprint density at radius 2 is 1.28 bits per heavy atom. The maximum absolute atomic E-state index is 13.3. The van der Waals surface area contributed by atoms with E-state index in [9.17, 15) is 9.36 Å². The van der Waals surface area contributed by atoms with Crippen LogP contribution in [0.3, 0.4) is 0 Å². The Labute approximate surface area is 114 Å². The molecule has 0 amide bonds. The molecule has 0 bridgehead atoms. The number of carbonyl (C=O) groups excluding carboxylic acids is 1. The molecule has 4 nitrogen and oxygen atoms in total. The smallest absolute Gasteiger partial charge is 0.241 e. The summed E-state index contributed by atoms with van der Waals surface area (Å²) in [6.45, 7) is 3.24. The Morgan fingerprint density at radius 3 is 1.61 bits per heavy atom. The molecule has 2 saturated heterocycles. The van der Waals surface area contributed by atoms with Crippen LogP contribution in [0.1, 0.15) is 38.5 Å². The second kappa shape index (κ2) is 6.51. The van der Waals surface area contributed by atoms with E-state index in [2.05, 4.69) is 0 Å². The zero-order chi connectivity index (χ0) is 13.0. The highest BCUT2D eigenvalue weighted by Gasteiger charge is 2.44. The highest BCUT2D eigenvalue weighted by molar-refractivity contribution is 7.62. The number of alkyl halides is 1. The Morgan fingerprint density at radius 1 is 0.889 bits per heavy atom. The molecular formula is C12H22ClN2O2P. The molecule has 18 heavy (non-hydrogen) atoms. The number of hydrogen-bond acceptors (Lipinski definition) is 2.